The molecule has 0 saturated carbocycles. The van der Waals surface area contributed by atoms with Crippen molar-refractivity contribution in [3.05, 3.63) is 41.7 Å². The lowest BCUT2D eigenvalue weighted by atomic mass is 10.3. The van der Waals surface area contributed by atoms with Gasteiger partial charge in [-0.15, -0.1) is 5.10 Å². The molecule has 2 rings (SSSR count). The van der Waals surface area contributed by atoms with Crippen molar-refractivity contribution in [3.8, 4) is 5.75 Å². The number of H-pyrrole nitrogens is 1. The fourth-order valence-electron chi connectivity index (χ4n) is 1.65. The number of benzene rings is 1. The van der Waals surface area contributed by atoms with Crippen molar-refractivity contribution in [1.82, 2.24) is 20.1 Å². The van der Waals surface area contributed by atoms with Crippen LogP contribution in [0.4, 0.5) is 4.39 Å². The summed E-state index contributed by atoms with van der Waals surface area (Å²) in [5, 5.41) is 6.58. The van der Waals surface area contributed by atoms with Crippen LogP contribution in [-0.4, -0.2) is 46.2 Å². The number of aromatic nitrogens is 3. The summed E-state index contributed by atoms with van der Waals surface area (Å²) in [6.07, 6.45) is 0.692. The predicted molar refractivity (Wildman–Crippen MR) is 74.6 cm³/mol. The molecule has 0 fully saturated rings. The van der Waals surface area contributed by atoms with Gasteiger partial charge in [0.2, 0.25) is 5.82 Å². The third kappa shape index (κ3) is 4.01. The summed E-state index contributed by atoms with van der Waals surface area (Å²) < 4.78 is 18.2. The third-order valence-corrected chi connectivity index (χ3v) is 2.91. The first-order valence-corrected chi connectivity index (χ1v) is 6.65. The third-order valence-electron chi connectivity index (χ3n) is 2.91. The molecule has 0 radical (unpaired) electrons. The van der Waals surface area contributed by atoms with E-state index in [2.05, 4.69) is 15.2 Å². The average molecular weight is 292 g/mol. The van der Waals surface area contributed by atoms with E-state index in [1.165, 1.54) is 17.0 Å². The molecule has 1 aromatic heterocycles. The van der Waals surface area contributed by atoms with Gasteiger partial charge in [-0.3, -0.25) is 9.89 Å². The van der Waals surface area contributed by atoms with Crippen molar-refractivity contribution in [2.75, 3.05) is 20.2 Å². The normalized spacial score (nSPS) is 10.4. The summed E-state index contributed by atoms with van der Waals surface area (Å²) in [4.78, 5) is 17.6. The molecule has 1 N–H and O–H groups in total. The van der Waals surface area contributed by atoms with Gasteiger partial charge in [-0.2, -0.15) is 0 Å². The van der Waals surface area contributed by atoms with Crippen molar-refractivity contribution in [2.24, 2.45) is 0 Å². The minimum absolute atomic E-state index is 0.149. The van der Waals surface area contributed by atoms with Gasteiger partial charge in [-0.25, -0.2) is 9.37 Å². The van der Waals surface area contributed by atoms with Gasteiger partial charge < -0.3 is 9.64 Å². The smallest absolute Gasteiger partial charge is 0.293 e. The molecule has 1 amide bonds. The molecule has 7 heteroatoms. The lowest BCUT2D eigenvalue weighted by Gasteiger charge is -2.15. The van der Waals surface area contributed by atoms with Crippen LogP contribution in [0.2, 0.25) is 0 Å². The van der Waals surface area contributed by atoms with Crippen molar-refractivity contribution < 1.29 is 13.9 Å². The van der Waals surface area contributed by atoms with Crippen LogP contribution in [0.25, 0.3) is 0 Å². The number of aromatic amines is 1. The molecule has 0 spiro atoms. The number of nitrogens with zero attached hydrogens (tertiary/aromatic N) is 3. The molecule has 0 aliphatic heterocycles. The van der Waals surface area contributed by atoms with E-state index < -0.39 is 0 Å². The zero-order valence-electron chi connectivity index (χ0n) is 12.0. The molecule has 0 atom stereocenters. The maximum absolute atomic E-state index is 12.7. The van der Waals surface area contributed by atoms with Gasteiger partial charge in [-0.1, -0.05) is 6.92 Å². The average Bonchev–Trinajstić information content (AvgIpc) is 2.97. The predicted octanol–water partition coefficient (Wildman–Crippen LogP) is 1.66. The Morgan fingerprint density at radius 2 is 2.10 bits per heavy atom. The number of hydrogen-bond acceptors (Lipinski definition) is 4. The molecular weight excluding hydrogens is 275 g/mol. The first-order valence-electron chi connectivity index (χ1n) is 6.65. The Bertz CT molecular complexity index is 597. The second-order valence-electron chi connectivity index (χ2n) is 4.49. The molecule has 0 bridgehead atoms. The molecule has 21 heavy (non-hydrogen) atoms. The highest BCUT2D eigenvalue weighted by molar-refractivity contribution is 5.90. The summed E-state index contributed by atoms with van der Waals surface area (Å²) in [6.45, 7) is 2.61. The number of likely N-dealkylation sites (N-methyl/N-ethyl adjacent to an activating group) is 1. The van der Waals surface area contributed by atoms with Crippen LogP contribution in [0.15, 0.2) is 24.3 Å². The molecule has 0 unspecified atom stereocenters. The van der Waals surface area contributed by atoms with Crippen molar-refractivity contribution in [2.45, 2.75) is 13.3 Å². The minimum atomic E-state index is -0.314. The highest BCUT2D eigenvalue weighted by Gasteiger charge is 2.16. The topological polar surface area (TPSA) is 71.1 Å². The number of aryl methyl sites for hydroxylation is 1. The summed E-state index contributed by atoms with van der Waals surface area (Å²) in [6, 6.07) is 5.73. The van der Waals surface area contributed by atoms with E-state index in [9.17, 15) is 9.18 Å². The number of amides is 1. The number of halogens is 1. The van der Waals surface area contributed by atoms with E-state index in [1.54, 1.807) is 19.2 Å². The maximum Gasteiger partial charge on any atom is 0.293 e. The van der Waals surface area contributed by atoms with E-state index in [-0.39, 0.29) is 17.5 Å². The van der Waals surface area contributed by atoms with Crippen LogP contribution >= 0.6 is 0 Å². The summed E-state index contributed by atoms with van der Waals surface area (Å²) in [7, 11) is 1.65. The number of nitrogens with one attached hydrogen (secondary N) is 1. The number of hydrogen-bond donors (Lipinski definition) is 1. The zero-order valence-corrected chi connectivity index (χ0v) is 12.0. The van der Waals surface area contributed by atoms with E-state index in [4.69, 9.17) is 4.74 Å². The largest absolute Gasteiger partial charge is 0.492 e. The Morgan fingerprint density at radius 3 is 2.71 bits per heavy atom. The fraction of sp³-hybridized carbons (Fsp3) is 0.357. The van der Waals surface area contributed by atoms with Gasteiger partial charge in [0.05, 0.1) is 6.54 Å². The monoisotopic (exact) mass is 292 g/mol. The molecule has 2 aromatic rings. The second kappa shape index (κ2) is 6.83. The minimum Gasteiger partial charge on any atom is -0.492 e. The van der Waals surface area contributed by atoms with Crippen LogP contribution in [0.5, 0.6) is 5.75 Å². The van der Waals surface area contributed by atoms with Gasteiger partial charge in [0, 0.05) is 13.5 Å². The highest BCUT2D eigenvalue weighted by Crippen LogP contribution is 2.10. The molecule has 0 saturated heterocycles. The summed E-state index contributed by atoms with van der Waals surface area (Å²) in [5.41, 5.74) is 0. The zero-order chi connectivity index (χ0) is 15.2. The molecule has 0 aliphatic carbocycles. The van der Waals surface area contributed by atoms with Gasteiger partial charge in [-0.05, 0) is 24.3 Å². The first kappa shape index (κ1) is 15.0. The summed E-state index contributed by atoms with van der Waals surface area (Å²) >= 11 is 0. The van der Waals surface area contributed by atoms with Crippen molar-refractivity contribution in [1.29, 1.82) is 0 Å². The number of ether oxygens (including phenoxy) is 1. The molecular formula is C14H17FN4O2. The standard InChI is InChI=1S/C14H17FN4O2/c1-3-12-16-13(18-17-12)14(20)19(2)8-9-21-11-6-4-10(15)5-7-11/h4-7H,3,8-9H2,1-2H3,(H,16,17,18). The maximum atomic E-state index is 12.7. The van der Waals surface area contributed by atoms with Crippen LogP contribution in [0, 0.1) is 5.82 Å². The van der Waals surface area contributed by atoms with Gasteiger partial charge in [0.25, 0.3) is 5.91 Å². The van der Waals surface area contributed by atoms with Gasteiger partial charge >= 0.3 is 0 Å². The van der Waals surface area contributed by atoms with E-state index in [1.807, 2.05) is 6.92 Å². The van der Waals surface area contributed by atoms with Crippen molar-refractivity contribution >= 4 is 5.91 Å². The first-order chi connectivity index (χ1) is 10.1. The van der Waals surface area contributed by atoms with Crippen LogP contribution in [-0.2, 0) is 6.42 Å². The Kier molecular flexibility index (Phi) is 4.86. The Balaban J connectivity index is 1.82. The molecule has 1 heterocycles. The number of carbonyl (C=O) groups is 1. The molecule has 6 nitrogen and oxygen atoms in total. The SMILES string of the molecule is CCc1nc(C(=O)N(C)CCOc2ccc(F)cc2)n[nH]1. The second-order valence-corrected chi connectivity index (χ2v) is 4.49. The fourth-order valence-corrected chi connectivity index (χ4v) is 1.65. The van der Waals surface area contributed by atoms with Gasteiger partial charge in [0.15, 0.2) is 0 Å². The Morgan fingerprint density at radius 1 is 1.38 bits per heavy atom. The van der Waals surface area contributed by atoms with Crippen LogP contribution in [0.1, 0.15) is 23.4 Å². The number of rotatable bonds is 6. The van der Waals surface area contributed by atoms with Gasteiger partial charge in [0.1, 0.15) is 24.0 Å². The van der Waals surface area contributed by atoms with E-state index >= 15 is 0 Å². The van der Waals surface area contributed by atoms with Crippen LogP contribution < -0.4 is 4.74 Å². The molecule has 112 valence electrons. The van der Waals surface area contributed by atoms with E-state index in [0.29, 0.717) is 31.1 Å². The lowest BCUT2D eigenvalue weighted by Crippen LogP contribution is -2.31. The van der Waals surface area contributed by atoms with E-state index in [0.717, 1.165) is 0 Å². The van der Waals surface area contributed by atoms with Crippen LogP contribution in [0.3, 0.4) is 0 Å². The summed E-state index contributed by atoms with van der Waals surface area (Å²) in [5.74, 6) is 0.800. The quantitative estimate of drug-likeness (QED) is 0.879. The molecule has 0 aliphatic rings. The Hall–Kier alpha value is -2.44. The lowest BCUT2D eigenvalue weighted by molar-refractivity contribution is 0.0762. The highest BCUT2D eigenvalue weighted by atomic mass is 19.1. The molecule has 1 aromatic carbocycles. The Labute approximate surface area is 121 Å². The van der Waals surface area contributed by atoms with Crippen molar-refractivity contribution in [3.63, 3.8) is 0 Å². The number of carbonyl (C=O) groups excluding carboxylic acids is 1.